The van der Waals surface area contributed by atoms with Crippen LogP contribution in [0.5, 0.6) is 0 Å². The van der Waals surface area contributed by atoms with E-state index in [1.807, 2.05) is 0 Å². The zero-order valence-corrected chi connectivity index (χ0v) is 5.71. The summed E-state index contributed by atoms with van der Waals surface area (Å²) in [6.07, 6.45) is 5.11. The Hall–Kier alpha value is -0.830. The van der Waals surface area contributed by atoms with Crippen LogP contribution in [-0.2, 0) is 4.79 Å². The molecule has 0 aromatic heterocycles. The summed E-state index contributed by atoms with van der Waals surface area (Å²) in [5.74, 6) is -0.867. The molecule has 2 N–H and O–H groups in total. The molecule has 1 saturated heterocycles. The Morgan fingerprint density at radius 1 is 1.70 bits per heavy atom. The lowest BCUT2D eigenvalue weighted by Gasteiger charge is -1.99. The fourth-order valence-electron chi connectivity index (χ4n) is 1.07. The fourth-order valence-corrected chi connectivity index (χ4v) is 1.07. The summed E-state index contributed by atoms with van der Waals surface area (Å²) in [4.78, 5) is 10.0. The maximum Gasteiger partial charge on any atom is 0.328 e. The van der Waals surface area contributed by atoms with E-state index in [2.05, 4.69) is 5.32 Å². The third-order valence-corrected chi connectivity index (χ3v) is 1.57. The molecule has 1 rings (SSSR count). The number of rotatable bonds is 2. The molecule has 3 nitrogen and oxygen atoms in total. The highest BCUT2D eigenvalue weighted by Crippen LogP contribution is 2.05. The van der Waals surface area contributed by atoms with Crippen LogP contribution in [0.15, 0.2) is 12.2 Å². The molecule has 1 atom stereocenters. The molecule has 0 aromatic rings. The van der Waals surface area contributed by atoms with Crippen LogP contribution in [0.25, 0.3) is 0 Å². The molecule has 10 heavy (non-hydrogen) atoms. The second-order valence-electron chi connectivity index (χ2n) is 2.40. The average molecular weight is 141 g/mol. The van der Waals surface area contributed by atoms with Crippen LogP contribution in [0, 0.1) is 0 Å². The standard InChI is InChI=1S/C7H11NO2/c9-7(10)4-3-6-2-1-5-8-6/h3-4,6,8H,1-2,5H2,(H,9,10)/b4-3-. The molecular weight excluding hydrogens is 130 g/mol. The van der Waals surface area contributed by atoms with Crippen molar-refractivity contribution in [2.45, 2.75) is 18.9 Å². The summed E-state index contributed by atoms with van der Waals surface area (Å²) in [5.41, 5.74) is 0. The summed E-state index contributed by atoms with van der Waals surface area (Å²) in [6, 6.07) is 0.288. The molecule has 0 amide bonds. The topological polar surface area (TPSA) is 49.3 Å². The van der Waals surface area contributed by atoms with Crippen LogP contribution >= 0.6 is 0 Å². The summed E-state index contributed by atoms with van der Waals surface area (Å²) >= 11 is 0. The summed E-state index contributed by atoms with van der Waals surface area (Å²) in [7, 11) is 0. The SMILES string of the molecule is O=C(O)/C=C\C1CCCN1. The summed E-state index contributed by atoms with van der Waals surface area (Å²) in [5, 5.41) is 11.4. The van der Waals surface area contributed by atoms with Gasteiger partial charge in [0.05, 0.1) is 0 Å². The monoisotopic (exact) mass is 141 g/mol. The number of aliphatic carboxylic acids is 1. The van der Waals surface area contributed by atoms with Gasteiger partial charge < -0.3 is 10.4 Å². The first kappa shape index (κ1) is 7.28. The molecular formula is C7H11NO2. The van der Waals surface area contributed by atoms with Gasteiger partial charge in [-0.15, -0.1) is 0 Å². The van der Waals surface area contributed by atoms with Crippen molar-refractivity contribution in [3.05, 3.63) is 12.2 Å². The zero-order valence-electron chi connectivity index (χ0n) is 5.71. The van der Waals surface area contributed by atoms with E-state index in [9.17, 15) is 4.79 Å². The predicted molar refractivity (Wildman–Crippen MR) is 37.8 cm³/mol. The first-order valence-electron chi connectivity index (χ1n) is 3.43. The van der Waals surface area contributed by atoms with Crippen molar-refractivity contribution in [1.82, 2.24) is 5.32 Å². The molecule has 1 fully saturated rings. The Morgan fingerprint density at radius 2 is 2.50 bits per heavy atom. The van der Waals surface area contributed by atoms with Gasteiger partial charge in [-0.3, -0.25) is 0 Å². The molecule has 0 bridgehead atoms. The van der Waals surface area contributed by atoms with E-state index in [0.29, 0.717) is 0 Å². The Balaban J connectivity index is 2.29. The van der Waals surface area contributed by atoms with E-state index in [1.54, 1.807) is 6.08 Å². The quantitative estimate of drug-likeness (QED) is 0.546. The minimum atomic E-state index is -0.867. The van der Waals surface area contributed by atoms with Crippen LogP contribution in [0.1, 0.15) is 12.8 Å². The maximum absolute atomic E-state index is 10.0. The van der Waals surface area contributed by atoms with Gasteiger partial charge in [-0.25, -0.2) is 4.79 Å². The number of carbonyl (C=O) groups is 1. The van der Waals surface area contributed by atoms with Gasteiger partial charge in [-0.1, -0.05) is 6.08 Å². The molecule has 3 heteroatoms. The van der Waals surface area contributed by atoms with Crippen LogP contribution in [0.2, 0.25) is 0 Å². The molecule has 0 saturated carbocycles. The van der Waals surface area contributed by atoms with Gasteiger partial charge in [0.15, 0.2) is 0 Å². The van der Waals surface area contributed by atoms with E-state index in [1.165, 1.54) is 6.08 Å². The maximum atomic E-state index is 10.0. The Morgan fingerprint density at radius 3 is 3.00 bits per heavy atom. The molecule has 1 unspecified atom stereocenters. The van der Waals surface area contributed by atoms with Crippen molar-refractivity contribution < 1.29 is 9.90 Å². The summed E-state index contributed by atoms with van der Waals surface area (Å²) in [6.45, 7) is 1.01. The van der Waals surface area contributed by atoms with E-state index >= 15 is 0 Å². The lowest BCUT2D eigenvalue weighted by molar-refractivity contribution is -0.131. The zero-order chi connectivity index (χ0) is 7.40. The van der Waals surface area contributed by atoms with E-state index in [-0.39, 0.29) is 6.04 Å². The Labute approximate surface area is 59.7 Å². The van der Waals surface area contributed by atoms with Crippen molar-refractivity contribution >= 4 is 5.97 Å². The van der Waals surface area contributed by atoms with Crippen LogP contribution in [0.4, 0.5) is 0 Å². The number of nitrogens with one attached hydrogen (secondary N) is 1. The normalized spacial score (nSPS) is 25.8. The van der Waals surface area contributed by atoms with Gasteiger partial charge in [0.1, 0.15) is 0 Å². The first-order valence-corrected chi connectivity index (χ1v) is 3.43. The number of hydrogen-bond acceptors (Lipinski definition) is 2. The minimum Gasteiger partial charge on any atom is -0.478 e. The number of carboxylic acids is 1. The lowest BCUT2D eigenvalue weighted by atomic mass is 10.2. The Kier molecular flexibility index (Phi) is 2.45. The molecule has 1 heterocycles. The highest BCUT2D eigenvalue weighted by molar-refractivity contribution is 5.79. The van der Waals surface area contributed by atoms with Crippen LogP contribution in [0.3, 0.4) is 0 Å². The molecule has 0 spiro atoms. The van der Waals surface area contributed by atoms with Gasteiger partial charge in [0, 0.05) is 12.1 Å². The van der Waals surface area contributed by atoms with Gasteiger partial charge in [-0.2, -0.15) is 0 Å². The fraction of sp³-hybridized carbons (Fsp3) is 0.571. The largest absolute Gasteiger partial charge is 0.478 e. The highest BCUT2D eigenvalue weighted by atomic mass is 16.4. The minimum absolute atomic E-state index is 0.288. The van der Waals surface area contributed by atoms with Gasteiger partial charge >= 0.3 is 5.97 Å². The van der Waals surface area contributed by atoms with Crippen molar-refractivity contribution in [2.24, 2.45) is 0 Å². The van der Waals surface area contributed by atoms with Crippen molar-refractivity contribution in [1.29, 1.82) is 0 Å². The average Bonchev–Trinajstić information content (AvgIpc) is 2.34. The van der Waals surface area contributed by atoms with Crippen LogP contribution in [-0.4, -0.2) is 23.7 Å². The van der Waals surface area contributed by atoms with Crippen LogP contribution < -0.4 is 5.32 Å². The molecule has 1 aliphatic rings. The van der Waals surface area contributed by atoms with Gasteiger partial charge in [0.25, 0.3) is 0 Å². The second kappa shape index (κ2) is 3.37. The molecule has 0 aliphatic carbocycles. The molecule has 56 valence electrons. The third-order valence-electron chi connectivity index (χ3n) is 1.57. The van der Waals surface area contributed by atoms with Crippen molar-refractivity contribution in [3.8, 4) is 0 Å². The van der Waals surface area contributed by atoms with Crippen molar-refractivity contribution in [3.63, 3.8) is 0 Å². The van der Waals surface area contributed by atoms with E-state index in [0.717, 1.165) is 19.4 Å². The van der Waals surface area contributed by atoms with Gasteiger partial charge in [0.2, 0.25) is 0 Å². The lowest BCUT2D eigenvalue weighted by Crippen LogP contribution is -2.18. The predicted octanol–water partition coefficient (Wildman–Crippen LogP) is 0.379. The molecule has 0 radical (unpaired) electrons. The molecule has 0 aromatic carbocycles. The summed E-state index contributed by atoms with van der Waals surface area (Å²) < 4.78 is 0. The number of carboxylic acid groups (broad SMARTS) is 1. The van der Waals surface area contributed by atoms with Crippen molar-refractivity contribution in [2.75, 3.05) is 6.54 Å². The second-order valence-corrected chi connectivity index (χ2v) is 2.40. The van der Waals surface area contributed by atoms with Gasteiger partial charge in [-0.05, 0) is 19.4 Å². The molecule has 1 aliphatic heterocycles. The third kappa shape index (κ3) is 2.19. The van der Waals surface area contributed by atoms with E-state index < -0.39 is 5.97 Å². The smallest absolute Gasteiger partial charge is 0.328 e. The first-order chi connectivity index (χ1) is 4.79. The highest BCUT2D eigenvalue weighted by Gasteiger charge is 2.09. The Bertz CT molecular complexity index is 148. The van der Waals surface area contributed by atoms with E-state index in [4.69, 9.17) is 5.11 Å². The number of hydrogen-bond donors (Lipinski definition) is 2.